The normalized spacial score (nSPS) is 15.9. The highest BCUT2D eigenvalue weighted by Gasteiger charge is 2.33. The van der Waals surface area contributed by atoms with Crippen molar-refractivity contribution in [3.8, 4) is 22.8 Å². The van der Waals surface area contributed by atoms with Crippen LogP contribution in [0.25, 0.3) is 11.3 Å². The number of rotatable bonds is 6. The average molecular weight is 493 g/mol. The van der Waals surface area contributed by atoms with E-state index in [1.807, 2.05) is 75.4 Å². The topological polar surface area (TPSA) is 91.1 Å². The minimum atomic E-state index is -0.576. The standard InChI is InChI=1S/C28H32N2O6/c1-5-33-26(31)24-23(19-13-15-22(16-14-19)34-21-11-7-6-8-12-21)29-25(35-24)20-10-9-17-30(18-20)27(32)36-28(2,3)4/h6-8,11-16,20H,5,9-10,17-18H2,1-4H3. The van der Waals surface area contributed by atoms with Crippen LogP contribution in [0.4, 0.5) is 4.79 Å². The molecule has 190 valence electrons. The van der Waals surface area contributed by atoms with E-state index in [2.05, 4.69) is 0 Å². The summed E-state index contributed by atoms with van der Waals surface area (Å²) in [5.74, 6) is 1.12. The third kappa shape index (κ3) is 6.24. The molecule has 36 heavy (non-hydrogen) atoms. The van der Waals surface area contributed by atoms with Gasteiger partial charge in [0.2, 0.25) is 11.7 Å². The number of piperidine rings is 1. The highest BCUT2D eigenvalue weighted by Crippen LogP contribution is 2.34. The Morgan fingerprint density at radius 2 is 1.75 bits per heavy atom. The second kappa shape index (κ2) is 10.8. The van der Waals surface area contributed by atoms with Crippen LogP contribution in [0.2, 0.25) is 0 Å². The highest BCUT2D eigenvalue weighted by atomic mass is 16.6. The Labute approximate surface area is 211 Å². The summed E-state index contributed by atoms with van der Waals surface area (Å²) in [6, 6.07) is 16.8. The van der Waals surface area contributed by atoms with Crippen LogP contribution in [0, 0.1) is 0 Å². The van der Waals surface area contributed by atoms with Crippen molar-refractivity contribution in [1.29, 1.82) is 0 Å². The number of amides is 1. The van der Waals surface area contributed by atoms with E-state index in [4.69, 9.17) is 23.6 Å². The van der Waals surface area contributed by atoms with Crippen LogP contribution in [-0.2, 0) is 9.47 Å². The van der Waals surface area contributed by atoms with Crippen molar-refractivity contribution in [3.05, 3.63) is 66.2 Å². The lowest BCUT2D eigenvalue weighted by molar-refractivity contribution is 0.0188. The minimum absolute atomic E-state index is 0.0537. The van der Waals surface area contributed by atoms with E-state index in [1.54, 1.807) is 11.8 Å². The van der Waals surface area contributed by atoms with E-state index in [0.29, 0.717) is 36.0 Å². The Hall–Kier alpha value is -3.81. The predicted octanol–water partition coefficient (Wildman–Crippen LogP) is 6.43. The van der Waals surface area contributed by atoms with Gasteiger partial charge in [-0.05, 0) is 76.9 Å². The predicted molar refractivity (Wildman–Crippen MR) is 134 cm³/mol. The maximum absolute atomic E-state index is 12.7. The quantitative estimate of drug-likeness (QED) is 0.366. The lowest BCUT2D eigenvalue weighted by Crippen LogP contribution is -2.42. The number of benzene rings is 2. The van der Waals surface area contributed by atoms with E-state index < -0.39 is 11.6 Å². The number of para-hydroxylation sites is 1. The molecular weight excluding hydrogens is 460 g/mol. The number of nitrogens with zero attached hydrogens (tertiary/aromatic N) is 2. The number of likely N-dealkylation sites (tertiary alicyclic amines) is 1. The Morgan fingerprint density at radius 3 is 2.42 bits per heavy atom. The number of aromatic nitrogens is 1. The molecule has 1 aromatic heterocycles. The number of hydrogen-bond donors (Lipinski definition) is 0. The molecule has 0 radical (unpaired) electrons. The summed E-state index contributed by atoms with van der Waals surface area (Å²) < 4.78 is 22.6. The van der Waals surface area contributed by atoms with Crippen LogP contribution in [-0.4, -0.2) is 47.2 Å². The van der Waals surface area contributed by atoms with Gasteiger partial charge in [-0.25, -0.2) is 14.6 Å². The Kier molecular flexibility index (Phi) is 7.62. The molecule has 0 aliphatic carbocycles. The van der Waals surface area contributed by atoms with E-state index in [0.717, 1.165) is 18.6 Å². The summed E-state index contributed by atoms with van der Waals surface area (Å²) in [6.45, 7) is 8.49. The fourth-order valence-corrected chi connectivity index (χ4v) is 4.02. The zero-order chi connectivity index (χ0) is 25.7. The number of carbonyl (C=O) groups excluding carboxylic acids is 2. The Balaban J connectivity index is 1.57. The van der Waals surface area contributed by atoms with Gasteiger partial charge in [-0.15, -0.1) is 0 Å². The molecule has 1 saturated heterocycles. The van der Waals surface area contributed by atoms with Gasteiger partial charge < -0.3 is 23.5 Å². The molecule has 0 saturated carbocycles. The molecule has 0 bridgehead atoms. The molecular formula is C28H32N2O6. The van der Waals surface area contributed by atoms with Crippen molar-refractivity contribution in [2.75, 3.05) is 19.7 Å². The molecule has 1 aliphatic rings. The van der Waals surface area contributed by atoms with Gasteiger partial charge in [-0.1, -0.05) is 18.2 Å². The van der Waals surface area contributed by atoms with E-state index >= 15 is 0 Å². The number of esters is 1. The number of oxazole rings is 1. The zero-order valence-corrected chi connectivity index (χ0v) is 21.2. The van der Waals surface area contributed by atoms with Gasteiger partial charge in [-0.3, -0.25) is 0 Å². The van der Waals surface area contributed by atoms with Crippen molar-refractivity contribution >= 4 is 12.1 Å². The van der Waals surface area contributed by atoms with Crippen molar-refractivity contribution < 1.29 is 28.2 Å². The molecule has 1 aliphatic heterocycles. The van der Waals surface area contributed by atoms with Crippen molar-refractivity contribution in [2.45, 2.75) is 52.1 Å². The highest BCUT2D eigenvalue weighted by molar-refractivity contribution is 5.93. The summed E-state index contributed by atoms with van der Waals surface area (Å²) in [7, 11) is 0. The third-order valence-electron chi connectivity index (χ3n) is 5.63. The van der Waals surface area contributed by atoms with Crippen LogP contribution < -0.4 is 4.74 Å². The first-order chi connectivity index (χ1) is 17.2. The molecule has 1 fully saturated rings. The lowest BCUT2D eigenvalue weighted by Gasteiger charge is -2.32. The first-order valence-electron chi connectivity index (χ1n) is 12.2. The molecule has 2 aromatic carbocycles. The van der Waals surface area contributed by atoms with E-state index in [-0.39, 0.29) is 24.4 Å². The molecule has 1 atom stereocenters. The van der Waals surface area contributed by atoms with E-state index in [9.17, 15) is 9.59 Å². The molecule has 2 heterocycles. The largest absolute Gasteiger partial charge is 0.460 e. The third-order valence-corrected chi connectivity index (χ3v) is 5.63. The van der Waals surface area contributed by atoms with Crippen LogP contribution in [0.5, 0.6) is 11.5 Å². The van der Waals surface area contributed by atoms with Crippen LogP contribution >= 0.6 is 0 Å². The monoisotopic (exact) mass is 492 g/mol. The van der Waals surface area contributed by atoms with Crippen molar-refractivity contribution in [2.24, 2.45) is 0 Å². The van der Waals surface area contributed by atoms with Gasteiger partial charge in [0.1, 0.15) is 22.8 Å². The molecule has 8 heteroatoms. The fraction of sp³-hybridized carbons (Fsp3) is 0.393. The second-order valence-corrected chi connectivity index (χ2v) is 9.66. The van der Waals surface area contributed by atoms with Crippen molar-refractivity contribution in [1.82, 2.24) is 9.88 Å². The summed E-state index contributed by atoms with van der Waals surface area (Å²) in [5, 5.41) is 0. The van der Waals surface area contributed by atoms with Gasteiger partial charge in [0.05, 0.1) is 12.5 Å². The van der Waals surface area contributed by atoms with Gasteiger partial charge in [0.15, 0.2) is 0 Å². The van der Waals surface area contributed by atoms with Gasteiger partial charge in [0.25, 0.3) is 0 Å². The van der Waals surface area contributed by atoms with Gasteiger partial charge in [-0.2, -0.15) is 0 Å². The number of ether oxygens (including phenoxy) is 3. The smallest absolute Gasteiger partial charge is 0.410 e. The Bertz CT molecular complexity index is 1180. The summed E-state index contributed by atoms with van der Waals surface area (Å²) in [5.41, 5.74) is 0.533. The minimum Gasteiger partial charge on any atom is -0.460 e. The summed E-state index contributed by atoms with van der Waals surface area (Å²) in [6.07, 6.45) is 1.20. The molecule has 0 N–H and O–H groups in total. The van der Waals surface area contributed by atoms with Gasteiger partial charge >= 0.3 is 12.1 Å². The summed E-state index contributed by atoms with van der Waals surface area (Å²) >= 11 is 0. The van der Waals surface area contributed by atoms with E-state index in [1.165, 1.54) is 0 Å². The lowest BCUT2D eigenvalue weighted by atomic mass is 9.98. The molecule has 1 unspecified atom stereocenters. The fourth-order valence-electron chi connectivity index (χ4n) is 4.02. The molecule has 0 spiro atoms. The molecule has 4 rings (SSSR count). The first-order valence-corrected chi connectivity index (χ1v) is 12.2. The maximum Gasteiger partial charge on any atom is 0.410 e. The van der Waals surface area contributed by atoms with Crippen LogP contribution in [0.3, 0.4) is 0 Å². The SMILES string of the molecule is CCOC(=O)c1oc(C2CCCN(C(=O)OC(C)(C)C)C2)nc1-c1ccc(Oc2ccccc2)cc1. The van der Waals surface area contributed by atoms with Crippen LogP contribution in [0.1, 0.15) is 62.9 Å². The maximum atomic E-state index is 12.7. The molecule has 3 aromatic rings. The average Bonchev–Trinajstić information content (AvgIpc) is 3.30. The first kappa shape index (κ1) is 25.3. The van der Waals surface area contributed by atoms with Crippen LogP contribution in [0.15, 0.2) is 59.0 Å². The summed E-state index contributed by atoms with van der Waals surface area (Å²) in [4.78, 5) is 31.7. The van der Waals surface area contributed by atoms with Crippen molar-refractivity contribution in [3.63, 3.8) is 0 Å². The number of carbonyl (C=O) groups is 2. The number of hydrogen-bond acceptors (Lipinski definition) is 7. The Morgan fingerprint density at radius 1 is 1.06 bits per heavy atom. The molecule has 8 nitrogen and oxygen atoms in total. The zero-order valence-electron chi connectivity index (χ0n) is 21.2. The van der Waals surface area contributed by atoms with Gasteiger partial charge in [0, 0.05) is 18.7 Å². The second-order valence-electron chi connectivity index (χ2n) is 9.66. The molecule has 1 amide bonds.